The Balaban J connectivity index is 1.24. The van der Waals surface area contributed by atoms with Crippen LogP contribution in [0.4, 0.5) is 11.4 Å². The predicted octanol–water partition coefficient (Wildman–Crippen LogP) is 11.4. The maximum atomic E-state index is 6.35. The van der Waals surface area contributed by atoms with E-state index in [1.807, 2.05) is 0 Å². The van der Waals surface area contributed by atoms with Crippen molar-refractivity contribution in [1.29, 1.82) is 0 Å². The number of nitrogens with one attached hydrogen (secondary N) is 1. The molecule has 7 aromatic carbocycles. The summed E-state index contributed by atoms with van der Waals surface area (Å²) < 4.78 is 6.35. The van der Waals surface area contributed by atoms with Crippen LogP contribution in [0, 0.1) is 0 Å². The number of hydrogen-bond acceptors (Lipinski definition) is 2. The molecule has 1 N–H and O–H groups in total. The number of benzene rings is 7. The molecule has 0 fully saturated rings. The second kappa shape index (κ2) is 10.1. The van der Waals surface area contributed by atoms with Crippen molar-refractivity contribution in [3.63, 3.8) is 0 Å². The van der Waals surface area contributed by atoms with Gasteiger partial charge in [-0.3, -0.25) is 0 Å². The molecule has 2 nitrogen and oxygen atoms in total. The van der Waals surface area contributed by atoms with Crippen molar-refractivity contribution in [2.45, 2.75) is 5.41 Å². The molecule has 0 saturated carbocycles. The van der Waals surface area contributed by atoms with Crippen molar-refractivity contribution < 1.29 is 4.42 Å². The Kier molecular flexibility index (Phi) is 5.76. The first-order valence-electron chi connectivity index (χ1n) is 15.4. The largest absolute Gasteiger partial charge is 0.456 e. The summed E-state index contributed by atoms with van der Waals surface area (Å²) in [5.74, 6) is 0. The fourth-order valence-corrected chi connectivity index (χ4v) is 7.42. The van der Waals surface area contributed by atoms with Gasteiger partial charge in [0, 0.05) is 11.1 Å². The third-order valence-electron chi connectivity index (χ3n) is 9.34. The van der Waals surface area contributed by atoms with E-state index in [4.69, 9.17) is 4.42 Å². The lowest BCUT2D eigenvalue weighted by Crippen LogP contribution is -2.28. The number of fused-ring (bicyclic) bond motifs is 6. The summed E-state index contributed by atoms with van der Waals surface area (Å²) in [6.07, 6.45) is 0. The number of anilines is 2. The maximum absolute atomic E-state index is 6.35. The van der Waals surface area contributed by atoms with Crippen molar-refractivity contribution in [3.05, 3.63) is 192 Å². The fraction of sp³-hybridized carbons (Fsp3) is 0.0233. The van der Waals surface area contributed by atoms with E-state index in [2.05, 4.69) is 175 Å². The van der Waals surface area contributed by atoms with Crippen LogP contribution in [-0.4, -0.2) is 0 Å². The number of furan rings is 1. The van der Waals surface area contributed by atoms with Crippen LogP contribution in [0.3, 0.4) is 0 Å². The second-order valence-corrected chi connectivity index (χ2v) is 11.8. The van der Waals surface area contributed by atoms with Gasteiger partial charge in [-0.15, -0.1) is 0 Å². The Morgan fingerprint density at radius 1 is 0.444 bits per heavy atom. The van der Waals surface area contributed by atoms with Crippen LogP contribution < -0.4 is 5.32 Å². The molecule has 0 spiro atoms. The van der Waals surface area contributed by atoms with E-state index in [1.165, 1.54) is 44.5 Å². The third-order valence-corrected chi connectivity index (χ3v) is 9.34. The molecule has 8 aromatic rings. The third kappa shape index (κ3) is 3.89. The standard InChI is InChI=1S/C43H29NO/c1-4-13-29(14-5-1)30-23-26-40-36(27-30)42-39(21-12-22-41(42)45-40)44-33-24-25-35-34-19-10-11-20-37(34)43(38(35)28-33,31-15-6-2-7-16-31)32-17-8-3-9-18-32/h1-28,44H. The van der Waals surface area contributed by atoms with E-state index in [0.717, 1.165) is 33.3 Å². The monoisotopic (exact) mass is 575 g/mol. The first-order chi connectivity index (χ1) is 22.3. The highest BCUT2D eigenvalue weighted by molar-refractivity contribution is 6.13. The lowest BCUT2D eigenvalue weighted by Gasteiger charge is -2.34. The first-order valence-corrected chi connectivity index (χ1v) is 15.4. The van der Waals surface area contributed by atoms with Gasteiger partial charge in [0.15, 0.2) is 0 Å². The van der Waals surface area contributed by atoms with E-state index in [0.29, 0.717) is 0 Å². The summed E-state index contributed by atoms with van der Waals surface area (Å²) in [6.45, 7) is 0. The molecule has 1 heterocycles. The Hall–Kier alpha value is -5.86. The number of hydrogen-bond donors (Lipinski definition) is 1. The first kappa shape index (κ1) is 25.6. The molecule has 1 aliphatic rings. The summed E-state index contributed by atoms with van der Waals surface area (Å²) in [5.41, 5.74) is 13.4. The average molecular weight is 576 g/mol. The van der Waals surface area contributed by atoms with Crippen LogP contribution in [0.2, 0.25) is 0 Å². The van der Waals surface area contributed by atoms with Gasteiger partial charge in [-0.05, 0) is 80.9 Å². The van der Waals surface area contributed by atoms with Crippen molar-refractivity contribution in [2.75, 3.05) is 5.32 Å². The summed E-state index contributed by atoms with van der Waals surface area (Å²) in [5, 5.41) is 6.01. The van der Waals surface area contributed by atoms with E-state index >= 15 is 0 Å². The van der Waals surface area contributed by atoms with Crippen LogP contribution in [0.5, 0.6) is 0 Å². The van der Waals surface area contributed by atoms with Crippen LogP contribution in [0.15, 0.2) is 174 Å². The summed E-state index contributed by atoms with van der Waals surface area (Å²) >= 11 is 0. The van der Waals surface area contributed by atoms with Gasteiger partial charge in [-0.1, -0.05) is 133 Å². The minimum absolute atomic E-state index is 0.439. The molecule has 1 aromatic heterocycles. The maximum Gasteiger partial charge on any atom is 0.137 e. The second-order valence-electron chi connectivity index (χ2n) is 11.8. The molecule has 212 valence electrons. The molecule has 0 unspecified atom stereocenters. The molecule has 2 heteroatoms. The zero-order valence-electron chi connectivity index (χ0n) is 24.6. The predicted molar refractivity (Wildman–Crippen MR) is 186 cm³/mol. The van der Waals surface area contributed by atoms with Gasteiger partial charge in [0.1, 0.15) is 11.2 Å². The van der Waals surface area contributed by atoms with E-state index in [-0.39, 0.29) is 0 Å². The molecule has 0 bridgehead atoms. The Labute approximate surface area is 262 Å². The van der Waals surface area contributed by atoms with Crippen molar-refractivity contribution >= 4 is 33.3 Å². The molecule has 45 heavy (non-hydrogen) atoms. The van der Waals surface area contributed by atoms with Crippen LogP contribution in [-0.2, 0) is 5.41 Å². The summed E-state index contributed by atoms with van der Waals surface area (Å²) in [4.78, 5) is 0. The smallest absolute Gasteiger partial charge is 0.137 e. The zero-order chi connectivity index (χ0) is 29.8. The zero-order valence-corrected chi connectivity index (χ0v) is 24.6. The van der Waals surface area contributed by atoms with Gasteiger partial charge in [-0.2, -0.15) is 0 Å². The highest BCUT2D eigenvalue weighted by Crippen LogP contribution is 2.56. The van der Waals surface area contributed by atoms with Gasteiger partial charge in [0.25, 0.3) is 0 Å². The molecule has 0 aliphatic heterocycles. The molecular weight excluding hydrogens is 546 g/mol. The lowest BCUT2D eigenvalue weighted by molar-refractivity contribution is 0.669. The average Bonchev–Trinajstić information content (AvgIpc) is 3.63. The van der Waals surface area contributed by atoms with E-state index < -0.39 is 5.41 Å². The fourth-order valence-electron chi connectivity index (χ4n) is 7.42. The normalized spacial score (nSPS) is 13.1. The minimum Gasteiger partial charge on any atom is -0.456 e. The van der Waals surface area contributed by atoms with Gasteiger partial charge >= 0.3 is 0 Å². The van der Waals surface area contributed by atoms with E-state index in [1.54, 1.807) is 0 Å². The van der Waals surface area contributed by atoms with Crippen LogP contribution >= 0.6 is 0 Å². The Bertz CT molecular complexity index is 2300. The van der Waals surface area contributed by atoms with Gasteiger partial charge < -0.3 is 9.73 Å². The quantitative estimate of drug-likeness (QED) is 0.221. The van der Waals surface area contributed by atoms with Crippen molar-refractivity contribution in [2.24, 2.45) is 0 Å². The van der Waals surface area contributed by atoms with Crippen molar-refractivity contribution in [3.8, 4) is 22.3 Å². The summed E-state index contributed by atoms with van der Waals surface area (Å²) in [6, 6.07) is 60.8. The van der Waals surface area contributed by atoms with Gasteiger partial charge in [0.2, 0.25) is 0 Å². The van der Waals surface area contributed by atoms with Crippen LogP contribution in [0.1, 0.15) is 22.3 Å². The van der Waals surface area contributed by atoms with Gasteiger partial charge in [0.05, 0.1) is 16.5 Å². The van der Waals surface area contributed by atoms with Crippen LogP contribution in [0.25, 0.3) is 44.2 Å². The molecule has 0 radical (unpaired) electrons. The van der Waals surface area contributed by atoms with Crippen molar-refractivity contribution in [1.82, 2.24) is 0 Å². The molecule has 0 saturated heterocycles. The Morgan fingerprint density at radius 3 is 1.87 bits per heavy atom. The topological polar surface area (TPSA) is 25.2 Å². The van der Waals surface area contributed by atoms with E-state index in [9.17, 15) is 0 Å². The summed E-state index contributed by atoms with van der Waals surface area (Å²) in [7, 11) is 0. The molecular formula is C43H29NO. The molecule has 0 atom stereocenters. The SMILES string of the molecule is c1ccc(-c2ccc3oc4cccc(Nc5ccc6c(c5)C(c5ccccc5)(c5ccccc5)c5ccccc5-6)c4c3c2)cc1. The molecule has 1 aliphatic carbocycles. The van der Waals surface area contributed by atoms with Gasteiger partial charge in [-0.25, -0.2) is 0 Å². The number of rotatable bonds is 5. The highest BCUT2D eigenvalue weighted by atomic mass is 16.3. The highest BCUT2D eigenvalue weighted by Gasteiger charge is 2.46. The minimum atomic E-state index is -0.439. The Morgan fingerprint density at radius 2 is 1.11 bits per heavy atom. The molecule has 0 amide bonds. The lowest BCUT2D eigenvalue weighted by atomic mass is 9.67. The molecule has 9 rings (SSSR count).